The van der Waals surface area contributed by atoms with Gasteiger partial charge in [-0.05, 0) is 43.3 Å². The van der Waals surface area contributed by atoms with Crippen molar-refractivity contribution in [3.8, 4) is 5.69 Å². The fraction of sp³-hybridized carbons (Fsp3) is 0.273. The first-order valence-electron chi connectivity index (χ1n) is 9.38. The molecule has 3 aromatic rings. The number of aromatic nitrogens is 2. The van der Waals surface area contributed by atoms with Crippen LogP contribution < -0.4 is 0 Å². The quantitative estimate of drug-likeness (QED) is 0.662. The molecule has 0 bridgehead atoms. The smallest absolute Gasteiger partial charge is 0.160 e. The normalized spacial score (nSPS) is 24.1. The van der Waals surface area contributed by atoms with Crippen LogP contribution in [0.5, 0.6) is 0 Å². The highest BCUT2D eigenvalue weighted by molar-refractivity contribution is 8.14. The Kier molecular flexibility index (Phi) is 4.05. The summed E-state index contributed by atoms with van der Waals surface area (Å²) in [5.74, 6) is 0. The summed E-state index contributed by atoms with van der Waals surface area (Å²) >= 11 is 1.88. The molecule has 0 saturated carbocycles. The SMILES string of the molecule is Cc1ccc([C@H]2[C@H](c3ccccn3)N=C3S[C@@H](C)CN32)n1-c1ccccc1. The molecule has 0 unspecified atom stereocenters. The minimum Gasteiger partial charge on any atom is -0.339 e. The number of aliphatic imine (C=N–C) groups is 1. The van der Waals surface area contributed by atoms with Gasteiger partial charge in [-0.3, -0.25) is 9.98 Å². The first-order chi connectivity index (χ1) is 13.2. The Bertz CT molecular complexity index is 980. The van der Waals surface area contributed by atoms with E-state index in [0.717, 1.165) is 17.4 Å². The lowest BCUT2D eigenvalue weighted by molar-refractivity contribution is 0.312. The highest BCUT2D eigenvalue weighted by Crippen LogP contribution is 2.48. The van der Waals surface area contributed by atoms with Crippen molar-refractivity contribution in [1.82, 2.24) is 14.5 Å². The first-order valence-corrected chi connectivity index (χ1v) is 10.3. The molecular weight excluding hydrogens is 352 g/mol. The second-order valence-corrected chi connectivity index (χ2v) is 8.61. The van der Waals surface area contributed by atoms with Crippen LogP contribution in [0.1, 0.15) is 36.1 Å². The van der Waals surface area contributed by atoms with Gasteiger partial charge in [0.15, 0.2) is 5.17 Å². The van der Waals surface area contributed by atoms with Gasteiger partial charge in [-0.25, -0.2) is 0 Å². The van der Waals surface area contributed by atoms with E-state index in [1.807, 2.05) is 24.0 Å². The van der Waals surface area contributed by atoms with Crippen molar-refractivity contribution in [3.63, 3.8) is 0 Å². The number of nitrogens with zero attached hydrogens (tertiary/aromatic N) is 4. The minimum absolute atomic E-state index is 0.0259. The van der Waals surface area contributed by atoms with Crippen molar-refractivity contribution in [2.45, 2.75) is 31.2 Å². The Balaban J connectivity index is 1.65. The number of aryl methyl sites for hydroxylation is 1. The van der Waals surface area contributed by atoms with Gasteiger partial charge in [-0.1, -0.05) is 43.0 Å². The average molecular weight is 375 g/mol. The maximum absolute atomic E-state index is 5.10. The van der Waals surface area contributed by atoms with Gasteiger partial charge in [-0.15, -0.1) is 0 Å². The molecule has 4 heterocycles. The number of pyridine rings is 1. The molecule has 27 heavy (non-hydrogen) atoms. The third-order valence-corrected chi connectivity index (χ3v) is 6.41. The van der Waals surface area contributed by atoms with Crippen LogP contribution in [-0.2, 0) is 0 Å². The van der Waals surface area contributed by atoms with E-state index in [1.54, 1.807) is 0 Å². The van der Waals surface area contributed by atoms with Crippen LogP contribution in [0.4, 0.5) is 0 Å². The van der Waals surface area contributed by atoms with Crippen molar-refractivity contribution in [2.75, 3.05) is 6.54 Å². The molecule has 1 aromatic carbocycles. The summed E-state index contributed by atoms with van der Waals surface area (Å²) in [4.78, 5) is 12.2. The predicted molar refractivity (Wildman–Crippen MR) is 111 cm³/mol. The molecule has 2 aliphatic rings. The van der Waals surface area contributed by atoms with Crippen molar-refractivity contribution in [3.05, 3.63) is 83.9 Å². The number of fused-ring (bicyclic) bond motifs is 1. The molecular formula is C22H22N4S. The summed E-state index contributed by atoms with van der Waals surface area (Å²) in [6.07, 6.45) is 1.87. The van der Waals surface area contributed by atoms with Crippen LogP contribution in [-0.4, -0.2) is 31.4 Å². The van der Waals surface area contributed by atoms with E-state index in [-0.39, 0.29) is 12.1 Å². The molecule has 0 spiro atoms. The van der Waals surface area contributed by atoms with Crippen LogP contribution >= 0.6 is 11.8 Å². The van der Waals surface area contributed by atoms with E-state index >= 15 is 0 Å². The Morgan fingerprint density at radius 2 is 1.81 bits per heavy atom. The van der Waals surface area contributed by atoms with E-state index in [0.29, 0.717) is 5.25 Å². The number of rotatable bonds is 3. The predicted octanol–water partition coefficient (Wildman–Crippen LogP) is 4.77. The van der Waals surface area contributed by atoms with E-state index < -0.39 is 0 Å². The summed E-state index contributed by atoms with van der Waals surface area (Å²) in [5, 5.41) is 1.72. The molecule has 1 fully saturated rings. The van der Waals surface area contributed by atoms with Gasteiger partial charge in [0.25, 0.3) is 0 Å². The van der Waals surface area contributed by atoms with Crippen molar-refractivity contribution < 1.29 is 0 Å². The molecule has 0 N–H and O–H groups in total. The maximum Gasteiger partial charge on any atom is 0.160 e. The number of para-hydroxylation sites is 1. The van der Waals surface area contributed by atoms with Gasteiger partial charge < -0.3 is 9.47 Å². The molecule has 5 heteroatoms. The number of hydrogen-bond acceptors (Lipinski definition) is 4. The van der Waals surface area contributed by atoms with Crippen LogP contribution in [0.25, 0.3) is 5.69 Å². The lowest BCUT2D eigenvalue weighted by Crippen LogP contribution is -2.30. The zero-order chi connectivity index (χ0) is 18.4. The molecule has 0 radical (unpaired) electrons. The van der Waals surface area contributed by atoms with E-state index in [1.165, 1.54) is 17.1 Å². The minimum atomic E-state index is 0.0259. The van der Waals surface area contributed by atoms with Crippen LogP contribution in [0.3, 0.4) is 0 Å². The zero-order valence-corrected chi connectivity index (χ0v) is 16.3. The molecule has 2 aliphatic heterocycles. The Morgan fingerprint density at radius 3 is 2.59 bits per heavy atom. The molecule has 0 amide bonds. The largest absolute Gasteiger partial charge is 0.339 e. The molecule has 3 atom stereocenters. The summed E-state index contributed by atoms with van der Waals surface area (Å²) < 4.78 is 2.37. The monoisotopic (exact) mass is 374 g/mol. The zero-order valence-electron chi connectivity index (χ0n) is 15.5. The van der Waals surface area contributed by atoms with Crippen molar-refractivity contribution >= 4 is 16.9 Å². The molecule has 0 aliphatic carbocycles. The topological polar surface area (TPSA) is 33.4 Å². The lowest BCUT2D eigenvalue weighted by Gasteiger charge is -2.28. The fourth-order valence-corrected chi connectivity index (χ4v) is 5.25. The van der Waals surface area contributed by atoms with E-state index in [9.17, 15) is 0 Å². The number of hydrogen-bond donors (Lipinski definition) is 0. The van der Waals surface area contributed by atoms with Crippen molar-refractivity contribution in [2.24, 2.45) is 4.99 Å². The van der Waals surface area contributed by atoms with Gasteiger partial charge in [0, 0.05) is 35.1 Å². The third-order valence-electron chi connectivity index (χ3n) is 5.30. The Morgan fingerprint density at radius 1 is 1.00 bits per heavy atom. The van der Waals surface area contributed by atoms with Crippen LogP contribution in [0.2, 0.25) is 0 Å². The summed E-state index contributed by atoms with van der Waals surface area (Å²) in [6.45, 7) is 5.47. The van der Waals surface area contributed by atoms with Gasteiger partial charge in [0.1, 0.15) is 6.04 Å². The summed E-state index contributed by atoms with van der Waals surface area (Å²) in [5.41, 5.74) is 4.76. The van der Waals surface area contributed by atoms with Crippen LogP contribution in [0, 0.1) is 6.92 Å². The number of benzene rings is 1. The Labute approximate surface area is 164 Å². The van der Waals surface area contributed by atoms with E-state index in [2.05, 4.69) is 82.9 Å². The first kappa shape index (κ1) is 16.6. The highest BCUT2D eigenvalue weighted by atomic mass is 32.2. The van der Waals surface area contributed by atoms with Gasteiger partial charge in [-0.2, -0.15) is 0 Å². The molecule has 5 rings (SSSR count). The summed E-state index contributed by atoms with van der Waals surface area (Å²) in [6, 6.07) is 21.4. The lowest BCUT2D eigenvalue weighted by atomic mass is 10.0. The Hall–Kier alpha value is -2.53. The van der Waals surface area contributed by atoms with Gasteiger partial charge >= 0.3 is 0 Å². The number of amidine groups is 1. The van der Waals surface area contributed by atoms with Crippen molar-refractivity contribution in [1.29, 1.82) is 0 Å². The molecule has 1 saturated heterocycles. The second kappa shape index (κ2) is 6.57. The van der Waals surface area contributed by atoms with E-state index in [4.69, 9.17) is 4.99 Å². The molecule has 4 nitrogen and oxygen atoms in total. The second-order valence-electron chi connectivity index (χ2n) is 7.21. The fourth-order valence-electron chi connectivity index (χ4n) is 4.16. The molecule has 2 aromatic heterocycles. The average Bonchev–Trinajstić information content (AvgIpc) is 3.34. The third kappa shape index (κ3) is 2.77. The highest BCUT2D eigenvalue weighted by Gasteiger charge is 2.44. The summed E-state index contributed by atoms with van der Waals surface area (Å²) in [7, 11) is 0. The molecule has 136 valence electrons. The van der Waals surface area contributed by atoms with Gasteiger partial charge in [0.05, 0.1) is 11.7 Å². The van der Waals surface area contributed by atoms with Crippen LogP contribution in [0.15, 0.2) is 71.9 Å². The number of thioether (sulfide) groups is 1. The maximum atomic E-state index is 5.10. The standard InChI is InChI=1S/C22H22N4S/c1-15-11-12-19(26(15)17-8-4-3-5-9-17)21-20(18-10-6-7-13-23-18)24-22-25(21)14-16(2)27-22/h3-13,16,20-21H,14H2,1-2H3/t16-,20-,21-/m0/s1. The van der Waals surface area contributed by atoms with Gasteiger partial charge in [0.2, 0.25) is 0 Å².